The van der Waals surface area contributed by atoms with E-state index in [9.17, 15) is 0 Å². The molecule has 0 amide bonds. The Hall–Kier alpha value is -12.2. The van der Waals surface area contributed by atoms with Gasteiger partial charge in [0.15, 0.2) is 0 Å². The first-order chi connectivity index (χ1) is 50.5. The van der Waals surface area contributed by atoms with Crippen LogP contribution < -0.4 is 0 Å². The standard InChI is InChI=1S/C54H38.C49H36/c1-53(2)47-27-15-13-21-39(47)41-31-29-35(33-49(41)53)51-43-23-9-11-25-45(43)52(46-26-12-10-24-44(46)51)36-30-32-42-40-22-14-16-28-48(40)54(50(42)34-36,37-17-5-3-6-18-37)38-19-7-4-8-20-38;1-48(2)42-23-13-11-17-34(42)36-27-25-31(29-44(36)48)46-38-19-7-9-21-40(38)47(41-22-10-8-20-39(41)46)32-26-28-37-35-18-12-14-24-43(35)49(3,45(37)30-32)33-15-5-4-6-16-33/h3-34H,1-2H3;4-30H,1-3H3. The van der Waals surface area contributed by atoms with Gasteiger partial charge in [0.25, 0.3) is 0 Å². The lowest BCUT2D eigenvalue weighted by atomic mass is 9.67. The van der Waals surface area contributed by atoms with Gasteiger partial charge in [0.05, 0.1) is 5.41 Å². The predicted molar refractivity (Wildman–Crippen MR) is 435 cm³/mol. The lowest BCUT2D eigenvalue weighted by Crippen LogP contribution is -2.28. The van der Waals surface area contributed by atoms with Crippen molar-refractivity contribution in [2.24, 2.45) is 0 Å². The van der Waals surface area contributed by atoms with Crippen molar-refractivity contribution in [1.29, 1.82) is 0 Å². The maximum Gasteiger partial charge on any atom is 0.0713 e. The molecule has 0 heterocycles. The van der Waals surface area contributed by atoms with Gasteiger partial charge in [-0.25, -0.2) is 0 Å². The number of fused-ring (bicyclic) bond motifs is 16. The molecule has 0 heteroatoms. The summed E-state index contributed by atoms with van der Waals surface area (Å²) in [6.45, 7) is 11.9. The van der Waals surface area contributed by atoms with Gasteiger partial charge >= 0.3 is 0 Å². The zero-order chi connectivity index (χ0) is 68.9. The van der Waals surface area contributed by atoms with E-state index in [-0.39, 0.29) is 16.2 Å². The predicted octanol–water partition coefficient (Wildman–Crippen LogP) is 27.0. The fourth-order valence-corrected chi connectivity index (χ4v) is 19.6. The van der Waals surface area contributed by atoms with Crippen molar-refractivity contribution in [3.05, 3.63) is 419 Å². The summed E-state index contributed by atoms with van der Waals surface area (Å²) in [7, 11) is 0. The van der Waals surface area contributed by atoms with Crippen LogP contribution in [0.1, 0.15) is 95.8 Å². The molecular weight excluding hydrogens is 1240 g/mol. The number of hydrogen-bond donors (Lipinski definition) is 0. The molecule has 0 aliphatic heterocycles. The van der Waals surface area contributed by atoms with E-state index in [0.717, 1.165) is 0 Å². The van der Waals surface area contributed by atoms with Crippen LogP contribution >= 0.6 is 0 Å². The molecule has 0 saturated heterocycles. The first kappa shape index (κ1) is 60.7. The van der Waals surface area contributed by atoms with Crippen molar-refractivity contribution >= 4 is 43.1 Å². The summed E-state index contributed by atoms with van der Waals surface area (Å²) in [5.41, 5.74) is 35.0. The van der Waals surface area contributed by atoms with Crippen LogP contribution in [0.2, 0.25) is 0 Å². The molecule has 103 heavy (non-hydrogen) atoms. The molecule has 0 saturated carbocycles. The zero-order valence-corrected chi connectivity index (χ0v) is 58.6. The Bertz CT molecular complexity index is 6210. The minimum absolute atomic E-state index is 0.0547. The highest BCUT2D eigenvalue weighted by Gasteiger charge is 2.47. The molecule has 0 N–H and O–H groups in total. The van der Waals surface area contributed by atoms with Crippen molar-refractivity contribution in [3.8, 4) is 89.0 Å². The molecule has 17 aromatic rings. The van der Waals surface area contributed by atoms with Crippen LogP contribution in [0.4, 0.5) is 0 Å². The van der Waals surface area contributed by atoms with Crippen LogP contribution in [-0.4, -0.2) is 0 Å². The van der Waals surface area contributed by atoms with Crippen LogP contribution in [-0.2, 0) is 21.7 Å². The summed E-state index contributed by atoms with van der Waals surface area (Å²) in [5, 5.41) is 10.3. The summed E-state index contributed by atoms with van der Waals surface area (Å²) in [5.74, 6) is 0. The molecule has 0 nitrogen and oxygen atoms in total. The van der Waals surface area contributed by atoms with E-state index in [4.69, 9.17) is 0 Å². The van der Waals surface area contributed by atoms with Gasteiger partial charge in [0.2, 0.25) is 0 Å². The van der Waals surface area contributed by atoms with Crippen molar-refractivity contribution in [2.75, 3.05) is 0 Å². The van der Waals surface area contributed by atoms with E-state index in [1.54, 1.807) is 0 Å². The minimum atomic E-state index is -0.454. The van der Waals surface area contributed by atoms with E-state index in [1.807, 2.05) is 0 Å². The van der Waals surface area contributed by atoms with Crippen LogP contribution in [0.15, 0.2) is 358 Å². The molecule has 0 fully saturated rings. The molecule has 0 bridgehead atoms. The topological polar surface area (TPSA) is 0 Å². The second kappa shape index (κ2) is 22.9. The summed E-state index contributed by atoms with van der Waals surface area (Å²) in [6.07, 6.45) is 0. The highest BCUT2D eigenvalue weighted by Crippen LogP contribution is 2.60. The molecule has 4 aliphatic rings. The van der Waals surface area contributed by atoms with Gasteiger partial charge in [0.1, 0.15) is 0 Å². The number of hydrogen-bond acceptors (Lipinski definition) is 0. The van der Waals surface area contributed by atoms with E-state index >= 15 is 0 Å². The third-order valence-electron chi connectivity index (χ3n) is 24.3. The van der Waals surface area contributed by atoms with Gasteiger partial charge in [-0.15, -0.1) is 0 Å². The molecular formula is C103H74. The van der Waals surface area contributed by atoms with E-state index in [2.05, 4.69) is 393 Å². The third kappa shape index (κ3) is 8.71. The fourth-order valence-electron chi connectivity index (χ4n) is 19.6. The Morgan fingerprint density at radius 1 is 0.165 bits per heavy atom. The highest BCUT2D eigenvalue weighted by molar-refractivity contribution is 6.23. The van der Waals surface area contributed by atoms with Gasteiger partial charge < -0.3 is 0 Å². The summed E-state index contributed by atoms with van der Waals surface area (Å²) >= 11 is 0. The van der Waals surface area contributed by atoms with Crippen LogP contribution in [0.25, 0.3) is 132 Å². The molecule has 1 atom stereocenters. The van der Waals surface area contributed by atoms with E-state index in [1.165, 1.54) is 193 Å². The summed E-state index contributed by atoms with van der Waals surface area (Å²) in [4.78, 5) is 0. The van der Waals surface area contributed by atoms with Gasteiger partial charge in [-0.2, -0.15) is 0 Å². The van der Waals surface area contributed by atoms with Crippen LogP contribution in [0, 0.1) is 0 Å². The molecule has 4 aliphatic carbocycles. The van der Waals surface area contributed by atoms with Gasteiger partial charge in [0, 0.05) is 16.2 Å². The lowest BCUT2D eigenvalue weighted by molar-refractivity contribution is 0.660. The second-order valence-electron chi connectivity index (χ2n) is 30.1. The lowest BCUT2D eigenvalue weighted by Gasteiger charge is -2.34. The number of benzene rings is 17. The monoisotopic (exact) mass is 1310 g/mol. The van der Waals surface area contributed by atoms with Gasteiger partial charge in [-0.05, 0) is 224 Å². The van der Waals surface area contributed by atoms with E-state index < -0.39 is 5.41 Å². The third-order valence-corrected chi connectivity index (χ3v) is 24.3. The summed E-state index contributed by atoms with van der Waals surface area (Å²) in [6, 6.07) is 134. The van der Waals surface area contributed by atoms with Crippen LogP contribution in [0.3, 0.4) is 0 Å². The maximum absolute atomic E-state index is 2.51. The minimum Gasteiger partial charge on any atom is -0.0622 e. The van der Waals surface area contributed by atoms with Crippen molar-refractivity contribution in [1.82, 2.24) is 0 Å². The van der Waals surface area contributed by atoms with Crippen molar-refractivity contribution in [2.45, 2.75) is 56.3 Å². The molecule has 1 unspecified atom stereocenters. The van der Waals surface area contributed by atoms with E-state index in [0.29, 0.717) is 0 Å². The van der Waals surface area contributed by atoms with Gasteiger partial charge in [-0.3, -0.25) is 0 Å². The highest BCUT2D eigenvalue weighted by atomic mass is 14.5. The van der Waals surface area contributed by atoms with Gasteiger partial charge in [-0.1, -0.05) is 361 Å². The fraction of sp³-hybridized carbons (Fsp3) is 0.0874. The Labute approximate surface area is 603 Å². The Morgan fingerprint density at radius 3 is 0.757 bits per heavy atom. The molecule has 0 aromatic heterocycles. The quantitative estimate of drug-likeness (QED) is 0.140. The SMILES string of the molecule is CC1(C)c2ccccc2-c2ccc(-c3c4ccccc4c(-c4ccc5c(c4)C(C)(c4ccccc4)c4ccccc4-5)c4ccccc34)cc21.CC1(C)c2ccccc2-c2ccc(-c3c4ccccc4c(-c4ccc5c(c4)C(c4ccccc4)(c4ccccc4)c4ccccc4-5)c4ccccc34)cc21. The molecule has 486 valence electrons. The second-order valence-corrected chi connectivity index (χ2v) is 30.1. The first-order valence-electron chi connectivity index (χ1n) is 36.6. The van der Waals surface area contributed by atoms with Crippen molar-refractivity contribution < 1.29 is 0 Å². The smallest absolute Gasteiger partial charge is 0.0622 e. The average molecular weight is 1310 g/mol. The normalized spacial score (nSPS) is 15.5. The van der Waals surface area contributed by atoms with Crippen molar-refractivity contribution in [3.63, 3.8) is 0 Å². The van der Waals surface area contributed by atoms with Crippen LogP contribution in [0.5, 0.6) is 0 Å². The zero-order valence-electron chi connectivity index (χ0n) is 58.6. The Morgan fingerprint density at radius 2 is 0.398 bits per heavy atom. The molecule has 0 spiro atoms. The maximum atomic E-state index is 2.51. The number of rotatable bonds is 7. The largest absolute Gasteiger partial charge is 0.0713 e. The molecule has 21 rings (SSSR count). The average Bonchev–Trinajstić information content (AvgIpc) is 1.59. The molecule has 17 aromatic carbocycles. The Kier molecular flexibility index (Phi) is 13.5. The first-order valence-corrected chi connectivity index (χ1v) is 36.6. The molecule has 0 radical (unpaired) electrons. The summed E-state index contributed by atoms with van der Waals surface area (Å²) < 4.78 is 0. The Balaban J connectivity index is 0.000000138.